The Kier molecular flexibility index (Phi) is 4.57. The summed E-state index contributed by atoms with van der Waals surface area (Å²) in [5.74, 6) is -0.813. The third-order valence-electron chi connectivity index (χ3n) is 3.88. The molecule has 3 rings (SSSR count). The molecule has 0 aliphatic heterocycles. The second-order valence-electron chi connectivity index (χ2n) is 5.55. The van der Waals surface area contributed by atoms with Gasteiger partial charge in [0, 0.05) is 12.4 Å². The molecule has 1 atom stereocenters. The Morgan fingerprint density at radius 3 is 2.56 bits per heavy atom. The molecule has 0 aliphatic carbocycles. The predicted octanol–water partition coefficient (Wildman–Crippen LogP) is 4.80. The van der Waals surface area contributed by atoms with E-state index in [0.717, 1.165) is 16.2 Å². The lowest BCUT2D eigenvalue weighted by molar-refractivity contribution is -0.156. The predicted molar refractivity (Wildman–Crippen MR) is 85.4 cm³/mol. The molecule has 0 amide bonds. The summed E-state index contributed by atoms with van der Waals surface area (Å²) in [5, 5.41) is 0. The third-order valence-corrected chi connectivity index (χ3v) is 3.88. The van der Waals surface area contributed by atoms with Crippen LogP contribution in [0.4, 0.5) is 17.6 Å². The molecule has 2 aromatic heterocycles. The number of aromatic nitrogens is 3. The van der Waals surface area contributed by atoms with Gasteiger partial charge < -0.3 is 4.57 Å². The van der Waals surface area contributed by atoms with Gasteiger partial charge in [-0.25, -0.2) is 9.97 Å². The molecule has 0 fully saturated rings. The van der Waals surface area contributed by atoms with Crippen LogP contribution in [-0.2, 0) is 6.42 Å². The average Bonchev–Trinajstić information content (AvgIpc) is 3.03. The number of halogens is 4. The zero-order valence-corrected chi connectivity index (χ0v) is 13.3. The van der Waals surface area contributed by atoms with Gasteiger partial charge >= 0.3 is 6.18 Å². The van der Waals surface area contributed by atoms with Crippen molar-refractivity contribution in [2.75, 3.05) is 0 Å². The normalized spacial score (nSPS) is 13.0. The first kappa shape index (κ1) is 17.1. The molecule has 7 heteroatoms. The zero-order chi connectivity index (χ0) is 18.0. The molecule has 1 unspecified atom stereocenters. The number of imidazole rings is 1. The van der Waals surface area contributed by atoms with Crippen LogP contribution in [0.25, 0.3) is 11.5 Å². The smallest absolute Gasteiger partial charge is 0.313 e. The van der Waals surface area contributed by atoms with E-state index >= 15 is 0 Å². The van der Waals surface area contributed by atoms with Crippen LogP contribution in [0.3, 0.4) is 0 Å². The molecule has 0 saturated heterocycles. The van der Waals surface area contributed by atoms with Crippen molar-refractivity contribution in [3.8, 4) is 11.5 Å². The van der Waals surface area contributed by atoms with Gasteiger partial charge in [-0.15, -0.1) is 0 Å². The quantitative estimate of drug-likeness (QED) is 0.500. The number of pyridine rings is 1. The van der Waals surface area contributed by atoms with E-state index in [1.807, 2.05) is 6.92 Å². The lowest BCUT2D eigenvalue weighted by atomic mass is 10.0. The van der Waals surface area contributed by atoms with E-state index in [1.165, 1.54) is 36.7 Å². The largest absolute Gasteiger partial charge is 0.413 e. The first-order valence-corrected chi connectivity index (χ1v) is 7.71. The van der Waals surface area contributed by atoms with Crippen molar-refractivity contribution in [3.05, 3.63) is 71.9 Å². The number of rotatable bonds is 4. The van der Waals surface area contributed by atoms with E-state index in [1.54, 1.807) is 12.1 Å². The maximum Gasteiger partial charge on any atom is 0.413 e. The van der Waals surface area contributed by atoms with Crippen LogP contribution in [0.2, 0.25) is 0 Å². The summed E-state index contributed by atoms with van der Waals surface area (Å²) in [7, 11) is 0. The standard InChI is InChI=1S/C18H15F4N3/c1-2-12-5-3-6-13(11-12)16(18(20,21)22)25-10-9-23-17(25)14-7-4-8-15(19)24-14/h3-11,16H,2H2,1H3. The van der Waals surface area contributed by atoms with Gasteiger partial charge in [0.1, 0.15) is 5.69 Å². The molecule has 0 N–H and O–H groups in total. The molecule has 0 aliphatic rings. The molecule has 1 aromatic carbocycles. The van der Waals surface area contributed by atoms with Gasteiger partial charge in [0.05, 0.1) is 0 Å². The van der Waals surface area contributed by atoms with Gasteiger partial charge in [-0.3, -0.25) is 0 Å². The summed E-state index contributed by atoms with van der Waals surface area (Å²) in [6.45, 7) is 1.88. The molecule has 0 saturated carbocycles. The van der Waals surface area contributed by atoms with Gasteiger partial charge in [0.25, 0.3) is 0 Å². The fourth-order valence-electron chi connectivity index (χ4n) is 2.74. The molecule has 2 heterocycles. The summed E-state index contributed by atoms with van der Waals surface area (Å²) < 4.78 is 55.9. The Labute approximate surface area is 142 Å². The number of nitrogens with zero attached hydrogens (tertiary/aromatic N) is 3. The second kappa shape index (κ2) is 6.66. The lowest BCUT2D eigenvalue weighted by Gasteiger charge is -2.24. The minimum Gasteiger partial charge on any atom is -0.313 e. The Morgan fingerprint density at radius 1 is 1.12 bits per heavy atom. The van der Waals surface area contributed by atoms with Crippen LogP contribution < -0.4 is 0 Å². The highest BCUT2D eigenvalue weighted by Gasteiger charge is 2.43. The monoisotopic (exact) mass is 349 g/mol. The lowest BCUT2D eigenvalue weighted by Crippen LogP contribution is -2.28. The molecule has 0 spiro atoms. The van der Waals surface area contributed by atoms with Gasteiger partial charge in [0.15, 0.2) is 11.9 Å². The van der Waals surface area contributed by atoms with Gasteiger partial charge in [-0.2, -0.15) is 17.6 Å². The Bertz CT molecular complexity index is 871. The molecule has 0 bridgehead atoms. The summed E-state index contributed by atoms with van der Waals surface area (Å²) in [6, 6.07) is 8.35. The fraction of sp³-hybridized carbons (Fsp3) is 0.222. The molecule has 25 heavy (non-hydrogen) atoms. The molecule has 3 aromatic rings. The van der Waals surface area contributed by atoms with Crippen molar-refractivity contribution in [2.45, 2.75) is 25.6 Å². The Balaban J connectivity index is 2.15. The number of benzene rings is 1. The van der Waals surface area contributed by atoms with Crippen molar-refractivity contribution in [1.82, 2.24) is 14.5 Å². The van der Waals surface area contributed by atoms with E-state index in [-0.39, 0.29) is 17.1 Å². The Morgan fingerprint density at radius 2 is 1.88 bits per heavy atom. The van der Waals surface area contributed by atoms with Crippen molar-refractivity contribution in [3.63, 3.8) is 0 Å². The minimum atomic E-state index is -4.55. The van der Waals surface area contributed by atoms with E-state index in [0.29, 0.717) is 6.42 Å². The SMILES string of the molecule is CCc1cccc(C(n2ccnc2-c2cccc(F)n2)C(F)(F)F)c1. The maximum atomic E-state index is 13.8. The number of hydrogen-bond donors (Lipinski definition) is 0. The van der Waals surface area contributed by atoms with Crippen LogP contribution in [0.15, 0.2) is 54.9 Å². The summed E-state index contributed by atoms with van der Waals surface area (Å²) >= 11 is 0. The molecule has 3 nitrogen and oxygen atoms in total. The topological polar surface area (TPSA) is 30.7 Å². The van der Waals surface area contributed by atoms with Crippen molar-refractivity contribution >= 4 is 0 Å². The van der Waals surface area contributed by atoms with Crippen LogP contribution in [0.5, 0.6) is 0 Å². The third kappa shape index (κ3) is 3.55. The highest BCUT2D eigenvalue weighted by Crippen LogP contribution is 2.38. The van der Waals surface area contributed by atoms with Gasteiger partial charge in [-0.05, 0) is 29.7 Å². The highest BCUT2D eigenvalue weighted by atomic mass is 19.4. The fourth-order valence-corrected chi connectivity index (χ4v) is 2.74. The average molecular weight is 349 g/mol. The first-order chi connectivity index (χ1) is 11.9. The molecule has 0 radical (unpaired) electrons. The summed E-state index contributed by atoms with van der Waals surface area (Å²) in [5.41, 5.74) is 0.950. The molecular weight excluding hydrogens is 334 g/mol. The van der Waals surface area contributed by atoms with Crippen molar-refractivity contribution in [1.29, 1.82) is 0 Å². The van der Waals surface area contributed by atoms with E-state index in [4.69, 9.17) is 0 Å². The maximum absolute atomic E-state index is 13.8. The molecular formula is C18H15F4N3. The highest BCUT2D eigenvalue weighted by molar-refractivity contribution is 5.50. The number of hydrogen-bond acceptors (Lipinski definition) is 2. The number of alkyl halides is 3. The van der Waals surface area contributed by atoms with Crippen molar-refractivity contribution in [2.24, 2.45) is 0 Å². The molecule has 130 valence electrons. The van der Waals surface area contributed by atoms with E-state index in [9.17, 15) is 17.6 Å². The Hall–Kier alpha value is -2.70. The second-order valence-corrected chi connectivity index (χ2v) is 5.55. The first-order valence-electron chi connectivity index (χ1n) is 7.71. The minimum absolute atomic E-state index is 0.0382. The van der Waals surface area contributed by atoms with Gasteiger partial charge in [-0.1, -0.05) is 37.3 Å². The van der Waals surface area contributed by atoms with Crippen LogP contribution in [0.1, 0.15) is 24.1 Å². The van der Waals surface area contributed by atoms with Gasteiger partial charge in [0.2, 0.25) is 5.95 Å². The zero-order valence-electron chi connectivity index (χ0n) is 13.3. The summed E-state index contributed by atoms with van der Waals surface area (Å²) in [4.78, 5) is 7.61. The summed E-state index contributed by atoms with van der Waals surface area (Å²) in [6.07, 6.45) is -1.43. The number of aryl methyl sites for hydroxylation is 1. The van der Waals surface area contributed by atoms with E-state index in [2.05, 4.69) is 9.97 Å². The van der Waals surface area contributed by atoms with Crippen LogP contribution >= 0.6 is 0 Å². The van der Waals surface area contributed by atoms with E-state index < -0.39 is 18.2 Å². The van der Waals surface area contributed by atoms with Crippen LogP contribution in [-0.4, -0.2) is 20.7 Å². The van der Waals surface area contributed by atoms with Crippen LogP contribution in [0, 0.1) is 5.95 Å². The van der Waals surface area contributed by atoms with Crippen molar-refractivity contribution < 1.29 is 17.6 Å².